The minimum absolute atomic E-state index is 0.0290. The Bertz CT molecular complexity index is 505. The van der Waals surface area contributed by atoms with Crippen LogP contribution in [-0.2, 0) is 19.1 Å². The van der Waals surface area contributed by atoms with Gasteiger partial charge >= 0.3 is 11.8 Å². The lowest BCUT2D eigenvalue weighted by Gasteiger charge is -2.34. The van der Waals surface area contributed by atoms with E-state index in [2.05, 4.69) is 0 Å². The zero-order valence-corrected chi connectivity index (χ0v) is 13.8. The lowest BCUT2D eigenvalue weighted by molar-refractivity contribution is -0.231. The molecule has 2 saturated heterocycles. The van der Waals surface area contributed by atoms with Gasteiger partial charge < -0.3 is 19.8 Å². The third kappa shape index (κ3) is 3.26. The number of rotatable bonds is 3. The van der Waals surface area contributed by atoms with Crippen LogP contribution in [0.15, 0.2) is 0 Å². The van der Waals surface area contributed by atoms with Gasteiger partial charge in [-0.15, -0.1) is 0 Å². The Morgan fingerprint density at radius 2 is 1.96 bits per heavy atom. The van der Waals surface area contributed by atoms with E-state index in [4.69, 9.17) is 4.74 Å². The van der Waals surface area contributed by atoms with Crippen molar-refractivity contribution in [3.63, 3.8) is 0 Å². The Labute approximate surface area is 135 Å². The average Bonchev–Trinajstić information content (AvgIpc) is 2.94. The van der Waals surface area contributed by atoms with Crippen LogP contribution in [0.1, 0.15) is 46.5 Å². The Balaban J connectivity index is 2.33. The first-order chi connectivity index (χ1) is 10.7. The number of aliphatic hydroxyl groups is 1. The molecule has 0 aromatic rings. The number of hydrogen-bond donors (Lipinski definition) is 2. The third-order valence-electron chi connectivity index (χ3n) is 4.82. The van der Waals surface area contributed by atoms with Gasteiger partial charge in [-0.3, -0.25) is 9.59 Å². The highest BCUT2D eigenvalue weighted by atomic mass is 16.6. The second-order valence-electron chi connectivity index (χ2n) is 6.88. The molecule has 0 radical (unpaired) electrons. The largest absolute Gasteiger partial charge is 0.480 e. The standard InChI is InChI=1S/C16H25NO6/c1-9(2)12-7-6-10(3)13(18)16(22,23-12)15(21)17-8-4-5-11(17)14(19)20/h9-12,22H,4-8H2,1-3H3,(H,19,20). The van der Waals surface area contributed by atoms with Gasteiger partial charge in [-0.2, -0.15) is 0 Å². The summed E-state index contributed by atoms with van der Waals surface area (Å²) in [4.78, 5) is 37.7. The molecule has 0 spiro atoms. The number of hydrogen-bond acceptors (Lipinski definition) is 5. The van der Waals surface area contributed by atoms with Gasteiger partial charge in [-0.05, 0) is 31.6 Å². The number of aliphatic carboxylic acids is 1. The molecule has 2 fully saturated rings. The van der Waals surface area contributed by atoms with Crippen molar-refractivity contribution in [3.8, 4) is 0 Å². The van der Waals surface area contributed by atoms with Gasteiger partial charge in [0.2, 0.25) is 5.78 Å². The monoisotopic (exact) mass is 327 g/mol. The van der Waals surface area contributed by atoms with Gasteiger partial charge in [0, 0.05) is 12.5 Å². The minimum atomic E-state index is -2.58. The normalized spacial score (nSPS) is 35.4. The van der Waals surface area contributed by atoms with E-state index in [0.717, 1.165) is 4.90 Å². The quantitative estimate of drug-likeness (QED) is 0.743. The Morgan fingerprint density at radius 1 is 1.30 bits per heavy atom. The highest BCUT2D eigenvalue weighted by molar-refractivity contribution is 6.09. The van der Waals surface area contributed by atoms with E-state index in [1.165, 1.54) is 0 Å². The number of carboxylic acids is 1. The van der Waals surface area contributed by atoms with Crippen LogP contribution in [0.4, 0.5) is 0 Å². The van der Waals surface area contributed by atoms with Crippen molar-refractivity contribution in [1.29, 1.82) is 0 Å². The van der Waals surface area contributed by atoms with Crippen molar-refractivity contribution in [2.45, 2.75) is 64.4 Å². The first kappa shape index (κ1) is 17.9. The number of nitrogens with zero attached hydrogens (tertiary/aromatic N) is 1. The predicted molar refractivity (Wildman–Crippen MR) is 80.4 cm³/mol. The molecule has 0 bridgehead atoms. The average molecular weight is 327 g/mol. The molecule has 0 saturated carbocycles. The summed E-state index contributed by atoms with van der Waals surface area (Å²) in [6.45, 7) is 5.65. The van der Waals surface area contributed by atoms with Crippen LogP contribution in [0.2, 0.25) is 0 Å². The summed E-state index contributed by atoms with van der Waals surface area (Å²) in [5.41, 5.74) is 0. The number of carbonyl (C=O) groups is 3. The molecular formula is C16H25NO6. The summed E-state index contributed by atoms with van der Waals surface area (Å²) in [7, 11) is 0. The fourth-order valence-corrected chi connectivity index (χ4v) is 3.30. The fourth-order valence-electron chi connectivity index (χ4n) is 3.30. The van der Waals surface area contributed by atoms with Crippen molar-refractivity contribution in [1.82, 2.24) is 4.90 Å². The van der Waals surface area contributed by atoms with E-state index in [0.29, 0.717) is 25.7 Å². The smallest absolute Gasteiger partial charge is 0.326 e. The van der Waals surface area contributed by atoms with Crippen LogP contribution >= 0.6 is 0 Å². The Hall–Kier alpha value is -1.47. The van der Waals surface area contributed by atoms with Gasteiger partial charge in [0.25, 0.3) is 5.91 Å². The lowest BCUT2D eigenvalue weighted by atomic mass is 9.93. The van der Waals surface area contributed by atoms with Crippen LogP contribution in [-0.4, -0.2) is 57.3 Å². The summed E-state index contributed by atoms with van der Waals surface area (Å²) >= 11 is 0. The van der Waals surface area contributed by atoms with Crippen LogP contribution in [0, 0.1) is 11.8 Å². The number of carbonyl (C=O) groups excluding carboxylic acids is 2. The number of Topliss-reactive ketones (excluding diaryl/α,β-unsaturated/α-hetero) is 1. The molecule has 0 aromatic heterocycles. The van der Waals surface area contributed by atoms with Crippen LogP contribution in [0.5, 0.6) is 0 Å². The second kappa shape index (κ2) is 6.57. The maximum Gasteiger partial charge on any atom is 0.326 e. The van der Waals surface area contributed by atoms with Crippen molar-refractivity contribution in [2.24, 2.45) is 11.8 Å². The summed E-state index contributed by atoms with van der Waals surface area (Å²) in [6.07, 6.45) is 1.51. The van der Waals surface area contributed by atoms with Crippen LogP contribution in [0.25, 0.3) is 0 Å². The first-order valence-electron chi connectivity index (χ1n) is 8.16. The zero-order valence-electron chi connectivity index (χ0n) is 13.8. The zero-order chi connectivity index (χ0) is 17.4. The molecule has 2 aliphatic rings. The van der Waals surface area contributed by atoms with Gasteiger partial charge in [0.1, 0.15) is 6.04 Å². The number of ether oxygens (including phenoxy) is 1. The molecule has 2 heterocycles. The van der Waals surface area contributed by atoms with E-state index < -0.39 is 41.5 Å². The molecule has 7 nitrogen and oxygen atoms in total. The molecule has 2 N–H and O–H groups in total. The van der Waals surface area contributed by atoms with Gasteiger partial charge in [-0.25, -0.2) is 4.79 Å². The molecule has 2 aliphatic heterocycles. The summed E-state index contributed by atoms with van der Waals surface area (Å²) in [5.74, 6) is -5.81. The maximum atomic E-state index is 12.8. The summed E-state index contributed by atoms with van der Waals surface area (Å²) in [6, 6.07) is -1.01. The molecule has 130 valence electrons. The second-order valence-corrected chi connectivity index (χ2v) is 6.88. The predicted octanol–water partition coefficient (Wildman–Crippen LogP) is 0.791. The summed E-state index contributed by atoms with van der Waals surface area (Å²) < 4.78 is 5.57. The van der Waals surface area contributed by atoms with Gasteiger partial charge in [0.15, 0.2) is 0 Å². The number of ketones is 1. The molecular weight excluding hydrogens is 302 g/mol. The van der Waals surface area contributed by atoms with E-state index in [1.54, 1.807) is 6.92 Å². The van der Waals surface area contributed by atoms with Crippen molar-refractivity contribution < 1.29 is 29.3 Å². The molecule has 2 rings (SSSR count). The molecule has 23 heavy (non-hydrogen) atoms. The topological polar surface area (TPSA) is 104 Å². The lowest BCUT2D eigenvalue weighted by Crippen LogP contribution is -2.59. The maximum absolute atomic E-state index is 12.8. The summed E-state index contributed by atoms with van der Waals surface area (Å²) in [5, 5.41) is 20.0. The first-order valence-corrected chi connectivity index (χ1v) is 8.16. The minimum Gasteiger partial charge on any atom is -0.480 e. The SMILES string of the molecule is CC1CCC(C(C)C)OC(O)(C(=O)N2CCCC2C(=O)O)C1=O. The van der Waals surface area contributed by atoms with E-state index in [9.17, 15) is 24.6 Å². The van der Waals surface area contributed by atoms with Gasteiger partial charge in [-0.1, -0.05) is 20.8 Å². The molecule has 4 unspecified atom stereocenters. The van der Waals surface area contributed by atoms with Crippen molar-refractivity contribution in [2.75, 3.05) is 6.54 Å². The fraction of sp³-hybridized carbons (Fsp3) is 0.812. The van der Waals surface area contributed by atoms with Crippen molar-refractivity contribution in [3.05, 3.63) is 0 Å². The van der Waals surface area contributed by atoms with E-state index in [1.807, 2.05) is 13.8 Å². The highest BCUT2D eigenvalue weighted by Crippen LogP contribution is 2.33. The van der Waals surface area contributed by atoms with Gasteiger partial charge in [0.05, 0.1) is 6.10 Å². The molecule has 0 aliphatic carbocycles. The number of carboxylic acid groups (broad SMARTS) is 1. The molecule has 1 amide bonds. The Morgan fingerprint density at radius 3 is 2.52 bits per heavy atom. The number of amides is 1. The van der Waals surface area contributed by atoms with Crippen LogP contribution < -0.4 is 0 Å². The van der Waals surface area contributed by atoms with Crippen molar-refractivity contribution >= 4 is 17.7 Å². The van der Waals surface area contributed by atoms with E-state index >= 15 is 0 Å². The Kier molecular flexibility index (Phi) is 5.10. The van der Waals surface area contributed by atoms with E-state index in [-0.39, 0.29) is 12.5 Å². The number of likely N-dealkylation sites (tertiary alicyclic amines) is 1. The molecule has 4 atom stereocenters. The highest BCUT2D eigenvalue weighted by Gasteiger charge is 2.54. The molecule has 7 heteroatoms. The molecule has 0 aromatic carbocycles. The third-order valence-corrected chi connectivity index (χ3v) is 4.82. The van der Waals surface area contributed by atoms with Crippen LogP contribution in [0.3, 0.4) is 0 Å².